The third-order valence-corrected chi connectivity index (χ3v) is 4.47. The summed E-state index contributed by atoms with van der Waals surface area (Å²) in [5.41, 5.74) is 0.750. The van der Waals surface area contributed by atoms with E-state index in [1.165, 1.54) is 6.42 Å². The van der Waals surface area contributed by atoms with Crippen molar-refractivity contribution in [1.29, 1.82) is 0 Å². The van der Waals surface area contributed by atoms with Gasteiger partial charge < -0.3 is 4.90 Å². The zero-order valence-corrected chi connectivity index (χ0v) is 13.8. The van der Waals surface area contributed by atoms with Gasteiger partial charge in [-0.15, -0.1) is 0 Å². The molecule has 1 aliphatic heterocycles. The maximum Gasteiger partial charge on any atom is 0.255 e. The van der Waals surface area contributed by atoms with Crippen molar-refractivity contribution in [2.45, 2.75) is 20.3 Å². The van der Waals surface area contributed by atoms with Gasteiger partial charge in [-0.05, 0) is 52.4 Å². The Morgan fingerprint density at radius 2 is 1.83 bits per heavy atom. The van der Waals surface area contributed by atoms with E-state index in [1.807, 2.05) is 23.1 Å². The molecule has 18 heavy (non-hydrogen) atoms. The van der Waals surface area contributed by atoms with Gasteiger partial charge in [0.1, 0.15) is 0 Å². The number of carbonyl (C=O) groups is 1. The van der Waals surface area contributed by atoms with E-state index in [0.29, 0.717) is 11.8 Å². The van der Waals surface area contributed by atoms with E-state index >= 15 is 0 Å². The minimum absolute atomic E-state index is 0.132. The van der Waals surface area contributed by atoms with Crippen molar-refractivity contribution >= 4 is 37.8 Å². The van der Waals surface area contributed by atoms with Crippen molar-refractivity contribution in [1.82, 2.24) is 4.90 Å². The summed E-state index contributed by atoms with van der Waals surface area (Å²) in [6, 6.07) is 5.71. The Labute approximate surface area is 125 Å². The quantitative estimate of drug-likeness (QED) is 0.716. The largest absolute Gasteiger partial charge is 0.338 e. The average Bonchev–Trinajstić information content (AvgIpc) is 2.26. The zero-order chi connectivity index (χ0) is 13.3. The number of benzene rings is 1. The van der Waals surface area contributed by atoms with Gasteiger partial charge in [0.2, 0.25) is 0 Å². The molecular weight excluding hydrogens is 358 g/mol. The van der Waals surface area contributed by atoms with Gasteiger partial charge in [0.25, 0.3) is 5.91 Å². The smallest absolute Gasteiger partial charge is 0.255 e. The lowest BCUT2D eigenvalue weighted by Crippen LogP contribution is -2.42. The SMILES string of the molecule is CC1CC(C)CN(C(=O)c2ccc(Br)cc2Br)C1. The van der Waals surface area contributed by atoms with E-state index in [2.05, 4.69) is 45.7 Å². The molecule has 4 heteroatoms. The van der Waals surface area contributed by atoms with Crippen molar-refractivity contribution in [3.8, 4) is 0 Å². The first-order valence-corrected chi connectivity index (χ1v) is 7.80. The van der Waals surface area contributed by atoms with Gasteiger partial charge in [-0.2, -0.15) is 0 Å². The molecule has 2 atom stereocenters. The van der Waals surface area contributed by atoms with Gasteiger partial charge in [0.15, 0.2) is 0 Å². The fraction of sp³-hybridized carbons (Fsp3) is 0.500. The minimum atomic E-state index is 0.132. The third-order valence-electron chi connectivity index (χ3n) is 3.32. The predicted octanol–water partition coefficient (Wildman–Crippen LogP) is 4.33. The Hall–Kier alpha value is -0.350. The summed E-state index contributed by atoms with van der Waals surface area (Å²) in [5, 5.41) is 0. The fourth-order valence-electron chi connectivity index (χ4n) is 2.66. The summed E-state index contributed by atoms with van der Waals surface area (Å²) in [6.07, 6.45) is 1.21. The number of likely N-dealkylation sites (tertiary alicyclic amines) is 1. The molecule has 2 unspecified atom stereocenters. The third kappa shape index (κ3) is 3.15. The van der Waals surface area contributed by atoms with Crippen LogP contribution in [0.25, 0.3) is 0 Å². The van der Waals surface area contributed by atoms with E-state index in [-0.39, 0.29) is 5.91 Å². The lowest BCUT2D eigenvalue weighted by Gasteiger charge is -2.35. The van der Waals surface area contributed by atoms with Crippen LogP contribution in [0.5, 0.6) is 0 Å². The van der Waals surface area contributed by atoms with Gasteiger partial charge in [-0.25, -0.2) is 0 Å². The van der Waals surface area contributed by atoms with Gasteiger partial charge in [0.05, 0.1) is 5.56 Å². The average molecular weight is 375 g/mol. The number of hydrogen-bond acceptors (Lipinski definition) is 1. The Kier molecular flexibility index (Phi) is 4.49. The molecule has 1 amide bonds. The van der Waals surface area contributed by atoms with Gasteiger partial charge >= 0.3 is 0 Å². The normalized spacial score (nSPS) is 24.1. The van der Waals surface area contributed by atoms with Crippen LogP contribution < -0.4 is 0 Å². The fourth-order valence-corrected chi connectivity index (χ4v) is 3.88. The Bertz CT molecular complexity index is 451. The Balaban J connectivity index is 2.20. The standard InChI is InChI=1S/C14H17Br2NO/c1-9-5-10(2)8-17(7-9)14(18)12-4-3-11(15)6-13(12)16/h3-4,6,9-10H,5,7-8H2,1-2H3. The predicted molar refractivity (Wildman–Crippen MR) is 80.7 cm³/mol. The molecule has 1 saturated heterocycles. The van der Waals surface area contributed by atoms with E-state index < -0.39 is 0 Å². The molecule has 1 aromatic rings. The molecular formula is C14H17Br2NO. The van der Waals surface area contributed by atoms with Crippen LogP contribution >= 0.6 is 31.9 Å². The molecule has 1 aromatic carbocycles. The summed E-state index contributed by atoms with van der Waals surface area (Å²) in [4.78, 5) is 14.5. The molecule has 2 nitrogen and oxygen atoms in total. The van der Waals surface area contributed by atoms with Crippen LogP contribution in [-0.4, -0.2) is 23.9 Å². The number of carbonyl (C=O) groups excluding carboxylic acids is 1. The molecule has 0 aliphatic carbocycles. The minimum Gasteiger partial charge on any atom is -0.338 e. The van der Waals surface area contributed by atoms with Crippen LogP contribution in [0.3, 0.4) is 0 Å². The molecule has 0 radical (unpaired) electrons. The molecule has 0 spiro atoms. The van der Waals surface area contributed by atoms with Crippen LogP contribution in [0, 0.1) is 11.8 Å². The summed E-state index contributed by atoms with van der Waals surface area (Å²) in [7, 11) is 0. The molecule has 1 aliphatic rings. The summed E-state index contributed by atoms with van der Waals surface area (Å²) in [5.74, 6) is 1.31. The summed E-state index contributed by atoms with van der Waals surface area (Å²) in [6.45, 7) is 6.16. The number of rotatable bonds is 1. The van der Waals surface area contributed by atoms with Crippen LogP contribution in [-0.2, 0) is 0 Å². The highest BCUT2D eigenvalue weighted by Crippen LogP contribution is 2.26. The van der Waals surface area contributed by atoms with E-state index in [0.717, 1.165) is 27.6 Å². The maximum absolute atomic E-state index is 12.5. The van der Waals surface area contributed by atoms with Crippen LogP contribution in [0.2, 0.25) is 0 Å². The highest BCUT2D eigenvalue weighted by atomic mass is 79.9. The van der Waals surface area contributed by atoms with Crippen molar-refractivity contribution in [3.63, 3.8) is 0 Å². The number of nitrogens with zero attached hydrogens (tertiary/aromatic N) is 1. The lowest BCUT2D eigenvalue weighted by atomic mass is 9.91. The van der Waals surface area contributed by atoms with E-state index in [1.54, 1.807) is 0 Å². The number of halogens is 2. The second-order valence-corrected chi connectivity index (χ2v) is 7.05. The van der Waals surface area contributed by atoms with Gasteiger partial charge in [0, 0.05) is 22.0 Å². The van der Waals surface area contributed by atoms with Gasteiger partial charge in [-0.3, -0.25) is 4.79 Å². The molecule has 0 saturated carbocycles. The first-order valence-electron chi connectivity index (χ1n) is 6.21. The molecule has 0 bridgehead atoms. The molecule has 0 N–H and O–H groups in total. The second-order valence-electron chi connectivity index (χ2n) is 5.28. The first kappa shape index (κ1) is 14.1. The van der Waals surface area contributed by atoms with Crippen molar-refractivity contribution in [2.75, 3.05) is 13.1 Å². The van der Waals surface area contributed by atoms with Crippen LogP contribution in [0.4, 0.5) is 0 Å². The van der Waals surface area contributed by atoms with E-state index in [4.69, 9.17) is 0 Å². The first-order chi connectivity index (χ1) is 8.47. The lowest BCUT2D eigenvalue weighted by molar-refractivity contribution is 0.0622. The number of amides is 1. The molecule has 0 aromatic heterocycles. The summed E-state index contributed by atoms with van der Waals surface area (Å²) < 4.78 is 1.83. The highest BCUT2D eigenvalue weighted by molar-refractivity contribution is 9.11. The van der Waals surface area contributed by atoms with Crippen molar-refractivity contribution in [2.24, 2.45) is 11.8 Å². The number of piperidine rings is 1. The van der Waals surface area contributed by atoms with Gasteiger partial charge in [-0.1, -0.05) is 29.8 Å². The van der Waals surface area contributed by atoms with Crippen molar-refractivity contribution in [3.05, 3.63) is 32.7 Å². The van der Waals surface area contributed by atoms with Crippen molar-refractivity contribution < 1.29 is 4.79 Å². The second kappa shape index (κ2) is 5.74. The Morgan fingerprint density at radius 3 is 2.39 bits per heavy atom. The highest BCUT2D eigenvalue weighted by Gasteiger charge is 2.26. The molecule has 1 fully saturated rings. The summed E-state index contributed by atoms with van der Waals surface area (Å²) >= 11 is 6.87. The zero-order valence-electron chi connectivity index (χ0n) is 10.6. The number of hydrogen-bond donors (Lipinski definition) is 0. The van der Waals surface area contributed by atoms with Crippen LogP contribution in [0.1, 0.15) is 30.6 Å². The maximum atomic E-state index is 12.5. The monoisotopic (exact) mass is 373 g/mol. The molecule has 98 valence electrons. The molecule has 2 rings (SSSR count). The molecule has 1 heterocycles. The Morgan fingerprint density at radius 1 is 1.22 bits per heavy atom. The van der Waals surface area contributed by atoms with E-state index in [9.17, 15) is 4.79 Å². The topological polar surface area (TPSA) is 20.3 Å². The van der Waals surface area contributed by atoms with Crippen LogP contribution in [0.15, 0.2) is 27.1 Å².